The minimum atomic E-state index is 0.254. The summed E-state index contributed by atoms with van der Waals surface area (Å²) in [6, 6.07) is 19.4. The summed E-state index contributed by atoms with van der Waals surface area (Å²) in [7, 11) is 0. The van der Waals surface area contributed by atoms with Crippen LogP contribution < -0.4 is 0 Å². The zero-order chi connectivity index (χ0) is 22.0. The molecule has 5 nitrogen and oxygen atoms in total. The Morgan fingerprint density at radius 3 is 2.79 bits per heavy atom. The van der Waals surface area contributed by atoms with Crippen LogP contribution in [0, 0.1) is 5.41 Å². The van der Waals surface area contributed by atoms with Gasteiger partial charge in [0.05, 0.1) is 11.6 Å². The standard InChI is InChI=1S/C28H28N4O/c1-2-28-15-8-17-31-18-14-21-20-11-6-7-12-22(20)32(24(21)25(28)31)23(13-16-28)27-29-26(30-33-27)19-9-4-3-5-10-19/h3-7,9-13,25H,2,8,14-18H2,1H3/t25-,28+/m1/s1. The van der Waals surface area contributed by atoms with Crippen LogP contribution in [0.5, 0.6) is 0 Å². The van der Waals surface area contributed by atoms with Crippen molar-refractivity contribution >= 4 is 16.6 Å². The number of hydrogen-bond donors (Lipinski definition) is 0. The lowest BCUT2D eigenvalue weighted by Gasteiger charge is -2.51. The van der Waals surface area contributed by atoms with Crippen LogP contribution in [0.2, 0.25) is 0 Å². The van der Waals surface area contributed by atoms with E-state index >= 15 is 0 Å². The molecule has 1 fully saturated rings. The third kappa shape index (κ3) is 2.69. The molecule has 5 heteroatoms. The topological polar surface area (TPSA) is 47.1 Å². The Bertz CT molecular complexity index is 1380. The Morgan fingerprint density at radius 1 is 1.06 bits per heavy atom. The van der Waals surface area contributed by atoms with E-state index in [1.807, 2.05) is 30.3 Å². The van der Waals surface area contributed by atoms with Crippen molar-refractivity contribution in [1.29, 1.82) is 0 Å². The molecular formula is C28H28N4O. The van der Waals surface area contributed by atoms with Gasteiger partial charge in [-0.3, -0.25) is 4.90 Å². The van der Waals surface area contributed by atoms with Crippen LogP contribution >= 0.6 is 0 Å². The van der Waals surface area contributed by atoms with Crippen molar-refractivity contribution in [2.24, 2.45) is 5.41 Å². The summed E-state index contributed by atoms with van der Waals surface area (Å²) >= 11 is 0. The van der Waals surface area contributed by atoms with Crippen LogP contribution in [0.15, 0.2) is 65.2 Å². The summed E-state index contributed by atoms with van der Waals surface area (Å²) in [5.74, 6) is 1.25. The predicted octanol–water partition coefficient (Wildman–Crippen LogP) is 6.07. The van der Waals surface area contributed by atoms with Gasteiger partial charge in [0.2, 0.25) is 5.82 Å². The summed E-state index contributed by atoms with van der Waals surface area (Å²) in [6.07, 6.45) is 8.26. The molecule has 1 saturated heterocycles. The molecule has 4 aromatic rings. The van der Waals surface area contributed by atoms with Crippen LogP contribution in [0.25, 0.3) is 28.0 Å². The van der Waals surface area contributed by atoms with E-state index < -0.39 is 0 Å². The Morgan fingerprint density at radius 2 is 1.91 bits per heavy atom. The Hall–Kier alpha value is -3.18. The fraction of sp³-hybridized carbons (Fsp3) is 0.357. The number of allylic oxidation sites excluding steroid dienone is 1. The van der Waals surface area contributed by atoms with Crippen molar-refractivity contribution in [2.45, 2.75) is 45.1 Å². The van der Waals surface area contributed by atoms with Gasteiger partial charge in [0.1, 0.15) is 5.70 Å². The molecule has 0 aliphatic carbocycles. The first-order valence-corrected chi connectivity index (χ1v) is 12.3. The molecule has 166 valence electrons. The van der Waals surface area contributed by atoms with E-state index in [1.54, 1.807) is 0 Å². The molecule has 0 amide bonds. The van der Waals surface area contributed by atoms with E-state index in [-0.39, 0.29) is 5.41 Å². The molecule has 3 aliphatic heterocycles. The highest BCUT2D eigenvalue weighted by molar-refractivity contribution is 5.91. The van der Waals surface area contributed by atoms with E-state index in [1.165, 1.54) is 48.0 Å². The lowest BCUT2D eigenvalue weighted by molar-refractivity contribution is 0.00103. The van der Waals surface area contributed by atoms with Gasteiger partial charge in [0, 0.05) is 23.2 Å². The average molecular weight is 437 g/mol. The average Bonchev–Trinajstić information content (AvgIpc) is 3.45. The predicted molar refractivity (Wildman–Crippen MR) is 130 cm³/mol. The van der Waals surface area contributed by atoms with Crippen LogP contribution in [-0.2, 0) is 6.42 Å². The van der Waals surface area contributed by atoms with Gasteiger partial charge in [-0.1, -0.05) is 66.7 Å². The largest absolute Gasteiger partial charge is 0.332 e. The van der Waals surface area contributed by atoms with Gasteiger partial charge >= 0.3 is 0 Å². The minimum absolute atomic E-state index is 0.254. The molecular weight excluding hydrogens is 408 g/mol. The fourth-order valence-corrected chi connectivity index (χ4v) is 6.72. The zero-order valence-electron chi connectivity index (χ0n) is 19.0. The van der Waals surface area contributed by atoms with Crippen molar-refractivity contribution < 1.29 is 4.52 Å². The first-order valence-electron chi connectivity index (χ1n) is 12.3. The molecule has 0 saturated carbocycles. The van der Waals surface area contributed by atoms with Crippen LogP contribution in [-0.4, -0.2) is 32.7 Å². The van der Waals surface area contributed by atoms with E-state index in [4.69, 9.17) is 9.51 Å². The van der Waals surface area contributed by atoms with Gasteiger partial charge in [0.15, 0.2) is 0 Å². The SMILES string of the molecule is CC[C@@]12CC=C(c3nc(-c4ccccc4)no3)n3c4c(c5ccccc53)CCN(CCC1)[C@H]42. The van der Waals surface area contributed by atoms with Crippen molar-refractivity contribution in [1.82, 2.24) is 19.6 Å². The molecule has 7 rings (SSSR count). The third-order valence-corrected chi connectivity index (χ3v) is 8.32. The van der Waals surface area contributed by atoms with E-state index in [0.29, 0.717) is 17.8 Å². The first-order chi connectivity index (χ1) is 16.3. The Balaban J connectivity index is 1.49. The maximum atomic E-state index is 5.93. The van der Waals surface area contributed by atoms with Gasteiger partial charge in [-0.15, -0.1) is 0 Å². The fourth-order valence-electron chi connectivity index (χ4n) is 6.72. The molecule has 33 heavy (non-hydrogen) atoms. The highest BCUT2D eigenvalue weighted by Crippen LogP contribution is 2.56. The number of aromatic nitrogens is 3. The summed E-state index contributed by atoms with van der Waals surface area (Å²) in [6.45, 7) is 4.73. The van der Waals surface area contributed by atoms with E-state index in [0.717, 1.165) is 30.6 Å². The monoisotopic (exact) mass is 436 g/mol. The van der Waals surface area contributed by atoms with Crippen molar-refractivity contribution in [3.8, 4) is 11.4 Å². The van der Waals surface area contributed by atoms with Crippen LogP contribution in [0.3, 0.4) is 0 Å². The molecule has 0 spiro atoms. The number of para-hydroxylation sites is 1. The number of rotatable bonds is 3. The highest BCUT2D eigenvalue weighted by atomic mass is 16.5. The smallest absolute Gasteiger partial charge is 0.274 e. The summed E-state index contributed by atoms with van der Waals surface area (Å²) < 4.78 is 8.39. The maximum Gasteiger partial charge on any atom is 0.274 e. The molecule has 0 N–H and O–H groups in total. The summed E-state index contributed by atoms with van der Waals surface area (Å²) in [5.41, 5.74) is 6.52. The number of hydrogen-bond acceptors (Lipinski definition) is 4. The van der Waals surface area contributed by atoms with Crippen molar-refractivity contribution in [3.05, 3.63) is 77.8 Å². The van der Waals surface area contributed by atoms with E-state index in [9.17, 15) is 0 Å². The van der Waals surface area contributed by atoms with Crippen molar-refractivity contribution in [3.63, 3.8) is 0 Å². The second-order valence-corrected chi connectivity index (χ2v) is 9.81. The molecule has 0 radical (unpaired) electrons. The number of piperidine rings is 1. The van der Waals surface area contributed by atoms with Gasteiger partial charge in [-0.05, 0) is 55.7 Å². The number of benzene rings is 2. The number of nitrogens with zero attached hydrogens (tertiary/aromatic N) is 4. The van der Waals surface area contributed by atoms with Gasteiger partial charge < -0.3 is 9.09 Å². The molecule has 5 heterocycles. The summed E-state index contributed by atoms with van der Waals surface area (Å²) in [4.78, 5) is 7.64. The molecule has 3 aliphatic rings. The lowest BCUT2D eigenvalue weighted by Crippen LogP contribution is -2.49. The molecule has 2 aromatic heterocycles. The quantitative estimate of drug-likeness (QED) is 0.391. The third-order valence-electron chi connectivity index (χ3n) is 8.32. The Labute approximate surface area is 193 Å². The maximum absolute atomic E-state index is 5.93. The van der Waals surface area contributed by atoms with Gasteiger partial charge in [-0.2, -0.15) is 4.98 Å². The second kappa shape index (κ2) is 7.16. The number of fused-ring (bicyclic) bond motifs is 3. The highest BCUT2D eigenvalue weighted by Gasteiger charge is 2.49. The van der Waals surface area contributed by atoms with E-state index in [2.05, 4.69) is 51.9 Å². The molecule has 2 atom stereocenters. The summed E-state index contributed by atoms with van der Waals surface area (Å²) in [5, 5.41) is 5.73. The minimum Gasteiger partial charge on any atom is -0.332 e. The molecule has 0 bridgehead atoms. The first kappa shape index (κ1) is 19.3. The van der Waals surface area contributed by atoms with Crippen LogP contribution in [0.4, 0.5) is 0 Å². The van der Waals surface area contributed by atoms with Gasteiger partial charge in [0.25, 0.3) is 5.89 Å². The Kier molecular flexibility index (Phi) is 4.19. The normalized spacial score (nSPS) is 24.4. The van der Waals surface area contributed by atoms with Gasteiger partial charge in [-0.25, -0.2) is 0 Å². The van der Waals surface area contributed by atoms with Crippen molar-refractivity contribution in [2.75, 3.05) is 13.1 Å². The lowest BCUT2D eigenvalue weighted by atomic mass is 9.66. The molecule has 0 unspecified atom stereocenters. The second-order valence-electron chi connectivity index (χ2n) is 9.81. The zero-order valence-corrected chi connectivity index (χ0v) is 19.0. The van der Waals surface area contributed by atoms with Crippen LogP contribution in [0.1, 0.15) is 55.8 Å². The molecule has 2 aromatic carbocycles.